The van der Waals surface area contributed by atoms with Gasteiger partial charge in [-0.15, -0.1) is 0 Å². The van der Waals surface area contributed by atoms with Crippen LogP contribution in [0.3, 0.4) is 0 Å². The van der Waals surface area contributed by atoms with Gasteiger partial charge in [-0.2, -0.15) is 0 Å². The molecular formula is C29H22BrCl2NO5S. The normalized spacial score (nSPS) is 15.2. The lowest BCUT2D eigenvalue weighted by molar-refractivity contribution is -0.138. The van der Waals surface area contributed by atoms with Crippen molar-refractivity contribution in [3.63, 3.8) is 0 Å². The third kappa shape index (κ3) is 7.13. The van der Waals surface area contributed by atoms with Gasteiger partial charge in [0.25, 0.3) is 5.91 Å². The summed E-state index contributed by atoms with van der Waals surface area (Å²) in [6.45, 7) is 3.88. The van der Waals surface area contributed by atoms with E-state index in [9.17, 15) is 14.7 Å². The average Bonchev–Trinajstić information content (AvgIpc) is 3.20. The Bertz CT molecular complexity index is 1530. The molecule has 0 unspecified atom stereocenters. The van der Waals surface area contributed by atoms with Gasteiger partial charge in [0.15, 0.2) is 0 Å². The van der Waals surface area contributed by atoms with Crippen LogP contribution < -0.4 is 4.74 Å². The number of carbonyl (C=O) groups is 2. The minimum atomic E-state index is -0.772. The third-order valence-corrected chi connectivity index (χ3v) is 7.76. The molecule has 200 valence electrons. The molecule has 1 N–H and O–H groups in total. The van der Waals surface area contributed by atoms with Crippen LogP contribution in [0, 0.1) is 6.92 Å². The molecular weight excluding hydrogens is 625 g/mol. The fraction of sp³-hybridized carbons (Fsp3) is 0.138. The van der Waals surface area contributed by atoms with Crippen LogP contribution in [-0.2, 0) is 16.1 Å². The predicted octanol–water partition coefficient (Wildman–Crippen LogP) is 8.35. The van der Waals surface area contributed by atoms with Crippen LogP contribution in [0.5, 0.6) is 5.75 Å². The smallest absolute Gasteiger partial charge is 0.344 e. The van der Waals surface area contributed by atoms with Crippen molar-refractivity contribution in [2.24, 2.45) is 4.99 Å². The Kier molecular flexibility index (Phi) is 9.56. The number of esters is 1. The fourth-order valence-electron chi connectivity index (χ4n) is 3.54. The van der Waals surface area contributed by atoms with Gasteiger partial charge in [0, 0.05) is 15.6 Å². The molecule has 1 heterocycles. The summed E-state index contributed by atoms with van der Waals surface area (Å²) < 4.78 is 11.9. The molecule has 3 aromatic rings. The van der Waals surface area contributed by atoms with Crippen LogP contribution >= 0.6 is 50.9 Å². The molecule has 0 saturated carbocycles. The Balaban J connectivity index is 1.68. The number of aryl methyl sites for hydroxylation is 1. The monoisotopic (exact) mass is 645 g/mol. The summed E-state index contributed by atoms with van der Waals surface area (Å²) in [5, 5.41) is 12.0. The molecule has 1 aliphatic heterocycles. The number of thioether (sulfide) groups is 1. The van der Waals surface area contributed by atoms with Gasteiger partial charge in [-0.25, -0.2) is 9.79 Å². The fourth-order valence-corrected chi connectivity index (χ4v) is 5.24. The highest BCUT2D eigenvalue weighted by molar-refractivity contribution is 9.10. The second-order valence-electron chi connectivity index (χ2n) is 8.36. The van der Waals surface area contributed by atoms with E-state index in [1.807, 2.05) is 25.1 Å². The predicted molar refractivity (Wildman–Crippen MR) is 160 cm³/mol. The van der Waals surface area contributed by atoms with Crippen molar-refractivity contribution in [2.75, 3.05) is 6.61 Å². The molecule has 0 spiro atoms. The van der Waals surface area contributed by atoms with Crippen LogP contribution in [0.25, 0.3) is 6.08 Å². The zero-order valence-electron chi connectivity index (χ0n) is 20.8. The van der Waals surface area contributed by atoms with E-state index >= 15 is 0 Å². The van der Waals surface area contributed by atoms with Crippen LogP contribution in [0.4, 0.5) is 0 Å². The Morgan fingerprint density at radius 3 is 2.49 bits per heavy atom. The zero-order chi connectivity index (χ0) is 28.1. The molecule has 39 heavy (non-hydrogen) atoms. The van der Waals surface area contributed by atoms with Crippen LogP contribution in [-0.4, -0.2) is 28.6 Å². The largest absolute Gasteiger partial charge is 0.506 e. The maximum atomic E-state index is 12.9. The Morgan fingerprint density at radius 2 is 1.79 bits per heavy atom. The van der Waals surface area contributed by atoms with Crippen molar-refractivity contribution >= 4 is 73.9 Å². The molecule has 0 saturated heterocycles. The number of hydrogen-bond acceptors (Lipinski definition) is 6. The van der Waals surface area contributed by atoms with Gasteiger partial charge in [0.1, 0.15) is 28.7 Å². The Hall–Kier alpha value is -3.04. The number of ether oxygens (including phenoxy) is 2. The average molecular weight is 647 g/mol. The minimum absolute atomic E-state index is 0.0519. The highest BCUT2D eigenvalue weighted by Gasteiger charge is 2.34. The quantitative estimate of drug-likeness (QED) is 0.260. The number of halogens is 3. The first-order chi connectivity index (χ1) is 18.7. The lowest BCUT2D eigenvalue weighted by atomic mass is 10.1. The van der Waals surface area contributed by atoms with Gasteiger partial charge < -0.3 is 14.6 Å². The molecule has 6 nitrogen and oxygen atoms in total. The molecule has 0 aromatic heterocycles. The summed E-state index contributed by atoms with van der Waals surface area (Å²) in [6, 6.07) is 17.5. The molecule has 0 atom stereocenters. The third-order valence-electron chi connectivity index (χ3n) is 5.51. The number of amides is 1. The van der Waals surface area contributed by atoms with Crippen molar-refractivity contribution in [3.8, 4) is 5.75 Å². The minimum Gasteiger partial charge on any atom is -0.506 e. The molecule has 0 aliphatic carbocycles. The molecule has 1 amide bonds. The Labute approximate surface area is 248 Å². The van der Waals surface area contributed by atoms with Crippen LogP contribution in [0.15, 0.2) is 86.4 Å². The molecule has 10 heteroatoms. The van der Waals surface area contributed by atoms with E-state index < -0.39 is 11.9 Å². The second kappa shape index (κ2) is 12.9. The van der Waals surface area contributed by atoms with Gasteiger partial charge >= 0.3 is 5.97 Å². The molecule has 1 aliphatic rings. The van der Waals surface area contributed by atoms with Gasteiger partial charge in [-0.3, -0.25) is 4.79 Å². The summed E-state index contributed by atoms with van der Waals surface area (Å²) in [5.74, 6) is -1.12. The lowest BCUT2D eigenvalue weighted by Gasteiger charge is -2.11. The summed E-state index contributed by atoms with van der Waals surface area (Å²) >= 11 is 16.6. The van der Waals surface area contributed by atoms with Crippen molar-refractivity contribution in [2.45, 2.75) is 20.5 Å². The van der Waals surface area contributed by atoms with Gasteiger partial charge in [-0.05, 0) is 68.0 Å². The summed E-state index contributed by atoms with van der Waals surface area (Å²) in [4.78, 5) is 30.0. The van der Waals surface area contributed by atoms with E-state index in [1.165, 1.54) is 0 Å². The van der Waals surface area contributed by atoms with Gasteiger partial charge in [0.05, 0.1) is 21.6 Å². The molecule has 0 fully saturated rings. The maximum absolute atomic E-state index is 12.9. The SMILES string of the molecule is CCOC(=O)C1=C(O)/C(=C/c2cc(Br)ccc2OCc2ccc(Cl)c(Cl)c2)SC1=NC(=O)c1ccc(C)cc1. The number of nitrogens with zero attached hydrogens (tertiary/aromatic N) is 1. The number of aliphatic hydroxyl groups excluding tert-OH is 1. The lowest BCUT2D eigenvalue weighted by Crippen LogP contribution is -2.14. The molecule has 0 bridgehead atoms. The van der Waals surface area contributed by atoms with Crippen molar-refractivity contribution < 1.29 is 24.2 Å². The van der Waals surface area contributed by atoms with E-state index in [1.54, 1.807) is 55.5 Å². The number of aliphatic imine (C=N–C) groups is 1. The molecule has 3 aromatic carbocycles. The standard InChI is InChI=1S/C29H22BrCl2NO5S/c1-3-37-29(36)25-26(34)24(39-28(25)33-27(35)18-7-4-16(2)5-8-18)14-19-13-20(30)9-11-23(19)38-15-17-6-10-21(31)22(32)12-17/h4-14,34H,3,15H2,1-2H3/b24-14-,33-28?. The number of carbonyl (C=O) groups excluding carboxylic acids is 2. The molecule has 4 rings (SSSR count). The number of benzene rings is 3. The van der Waals surface area contributed by atoms with Crippen molar-refractivity contribution in [3.05, 3.63) is 114 Å². The van der Waals surface area contributed by atoms with E-state index in [2.05, 4.69) is 20.9 Å². The van der Waals surface area contributed by atoms with Crippen LogP contribution in [0.2, 0.25) is 10.0 Å². The van der Waals surface area contributed by atoms with Crippen molar-refractivity contribution in [1.29, 1.82) is 0 Å². The van der Waals surface area contributed by atoms with Crippen LogP contribution in [0.1, 0.15) is 34.0 Å². The topological polar surface area (TPSA) is 85.2 Å². The number of hydrogen-bond donors (Lipinski definition) is 1. The van der Waals surface area contributed by atoms with Crippen molar-refractivity contribution in [1.82, 2.24) is 0 Å². The van der Waals surface area contributed by atoms with E-state index in [0.717, 1.165) is 27.4 Å². The van der Waals surface area contributed by atoms with Gasteiger partial charge in [-0.1, -0.05) is 74.7 Å². The van der Waals surface area contributed by atoms with E-state index in [0.29, 0.717) is 31.8 Å². The Morgan fingerprint density at radius 1 is 1.05 bits per heavy atom. The van der Waals surface area contributed by atoms with E-state index in [-0.39, 0.29) is 29.6 Å². The first-order valence-electron chi connectivity index (χ1n) is 11.7. The second-order valence-corrected chi connectivity index (χ2v) is 11.1. The molecule has 0 radical (unpaired) electrons. The zero-order valence-corrected chi connectivity index (χ0v) is 24.7. The number of rotatable bonds is 7. The highest BCUT2D eigenvalue weighted by atomic mass is 79.9. The summed E-state index contributed by atoms with van der Waals surface area (Å²) in [6.07, 6.45) is 1.66. The number of aliphatic hydroxyl groups is 1. The summed E-state index contributed by atoms with van der Waals surface area (Å²) in [5.41, 5.74) is 2.63. The van der Waals surface area contributed by atoms with Gasteiger partial charge in [0.2, 0.25) is 0 Å². The summed E-state index contributed by atoms with van der Waals surface area (Å²) in [7, 11) is 0. The first kappa shape index (κ1) is 29.0. The maximum Gasteiger partial charge on any atom is 0.344 e. The van der Waals surface area contributed by atoms with E-state index in [4.69, 9.17) is 32.7 Å². The first-order valence-corrected chi connectivity index (χ1v) is 14.1. The highest BCUT2D eigenvalue weighted by Crippen LogP contribution is 2.41.